The number of benzene rings is 1. The van der Waals surface area contributed by atoms with Crippen LogP contribution in [0.25, 0.3) is 11.1 Å². The highest BCUT2D eigenvalue weighted by Gasteiger charge is 2.40. The summed E-state index contributed by atoms with van der Waals surface area (Å²) in [5, 5.41) is 13.4. The van der Waals surface area contributed by atoms with E-state index >= 15 is 0 Å². The Morgan fingerprint density at radius 1 is 1.29 bits per heavy atom. The summed E-state index contributed by atoms with van der Waals surface area (Å²) in [5.41, 5.74) is 1.90. The van der Waals surface area contributed by atoms with Crippen molar-refractivity contribution in [2.24, 2.45) is 10.8 Å². The first-order chi connectivity index (χ1) is 9.85. The largest absolute Gasteiger partial charge is 0.424 e. The number of rotatable bonds is 3. The van der Waals surface area contributed by atoms with Crippen molar-refractivity contribution in [3.63, 3.8) is 0 Å². The molecule has 3 rings (SSSR count). The second kappa shape index (κ2) is 5.02. The lowest BCUT2D eigenvalue weighted by Gasteiger charge is -2.45. The molecule has 0 radical (unpaired) electrons. The topological polar surface area (TPSA) is 58.3 Å². The summed E-state index contributed by atoms with van der Waals surface area (Å²) in [6, 6.07) is 8.33. The first-order valence-corrected chi connectivity index (χ1v) is 7.63. The Kier molecular flexibility index (Phi) is 3.44. The molecular formula is C17H24N2O2. The molecule has 0 aliphatic heterocycles. The minimum absolute atomic E-state index is 0.0574. The van der Waals surface area contributed by atoms with Gasteiger partial charge in [0.25, 0.3) is 6.01 Å². The SMILES string of the molecule is CC1(C)CC(O)CC(C)(CNc2nc3ccccc3o2)C1. The molecule has 2 N–H and O–H groups in total. The van der Waals surface area contributed by atoms with E-state index in [-0.39, 0.29) is 16.9 Å². The average molecular weight is 288 g/mol. The van der Waals surface area contributed by atoms with Gasteiger partial charge in [0.2, 0.25) is 0 Å². The molecule has 2 aromatic rings. The predicted molar refractivity (Wildman–Crippen MR) is 84.2 cm³/mol. The normalized spacial score (nSPS) is 28.7. The van der Waals surface area contributed by atoms with Crippen LogP contribution in [0.5, 0.6) is 0 Å². The number of para-hydroxylation sites is 2. The molecule has 1 fully saturated rings. The fourth-order valence-corrected chi connectivity index (χ4v) is 3.95. The van der Waals surface area contributed by atoms with E-state index in [0.29, 0.717) is 6.01 Å². The van der Waals surface area contributed by atoms with Gasteiger partial charge in [-0.3, -0.25) is 0 Å². The summed E-state index contributed by atoms with van der Waals surface area (Å²) in [6.45, 7) is 7.45. The molecule has 0 saturated heterocycles. The van der Waals surface area contributed by atoms with Crippen molar-refractivity contribution < 1.29 is 9.52 Å². The Morgan fingerprint density at radius 3 is 2.76 bits per heavy atom. The Balaban J connectivity index is 1.71. The zero-order valence-electron chi connectivity index (χ0n) is 13.0. The number of aliphatic hydroxyl groups excluding tert-OH is 1. The van der Waals surface area contributed by atoms with Crippen LogP contribution < -0.4 is 5.32 Å². The van der Waals surface area contributed by atoms with Gasteiger partial charge in [0, 0.05) is 6.54 Å². The van der Waals surface area contributed by atoms with E-state index in [0.717, 1.165) is 36.9 Å². The summed E-state index contributed by atoms with van der Waals surface area (Å²) >= 11 is 0. The van der Waals surface area contributed by atoms with Gasteiger partial charge in [-0.2, -0.15) is 4.98 Å². The maximum atomic E-state index is 10.1. The van der Waals surface area contributed by atoms with Crippen LogP contribution in [0.15, 0.2) is 28.7 Å². The van der Waals surface area contributed by atoms with Crippen molar-refractivity contribution in [3.8, 4) is 0 Å². The van der Waals surface area contributed by atoms with Gasteiger partial charge in [-0.25, -0.2) is 0 Å². The summed E-state index contributed by atoms with van der Waals surface area (Å²) in [4.78, 5) is 4.44. The van der Waals surface area contributed by atoms with Crippen LogP contribution in [0, 0.1) is 10.8 Å². The Bertz CT molecular complexity index is 602. The van der Waals surface area contributed by atoms with E-state index < -0.39 is 0 Å². The Labute approximate surface area is 125 Å². The van der Waals surface area contributed by atoms with Crippen LogP contribution in [0.2, 0.25) is 0 Å². The van der Waals surface area contributed by atoms with Crippen LogP contribution >= 0.6 is 0 Å². The van der Waals surface area contributed by atoms with Crippen molar-refractivity contribution >= 4 is 17.1 Å². The lowest BCUT2D eigenvalue weighted by Crippen LogP contribution is -2.42. The molecule has 0 spiro atoms. The zero-order valence-corrected chi connectivity index (χ0v) is 13.0. The number of nitrogens with one attached hydrogen (secondary N) is 1. The molecule has 21 heavy (non-hydrogen) atoms. The van der Waals surface area contributed by atoms with E-state index in [2.05, 4.69) is 31.1 Å². The maximum Gasteiger partial charge on any atom is 0.295 e. The van der Waals surface area contributed by atoms with Crippen molar-refractivity contribution in [2.45, 2.75) is 46.1 Å². The van der Waals surface area contributed by atoms with E-state index in [1.54, 1.807) is 0 Å². The number of hydrogen-bond donors (Lipinski definition) is 2. The molecule has 1 aliphatic rings. The Morgan fingerprint density at radius 2 is 2.05 bits per heavy atom. The van der Waals surface area contributed by atoms with Gasteiger partial charge in [0.1, 0.15) is 5.52 Å². The number of fused-ring (bicyclic) bond motifs is 1. The fourth-order valence-electron chi connectivity index (χ4n) is 3.95. The van der Waals surface area contributed by atoms with Crippen LogP contribution in [-0.2, 0) is 0 Å². The molecule has 1 saturated carbocycles. The van der Waals surface area contributed by atoms with Crippen molar-refractivity contribution in [1.82, 2.24) is 4.98 Å². The minimum atomic E-state index is -0.218. The molecule has 1 aromatic carbocycles. The molecule has 114 valence electrons. The number of oxazole rings is 1. The molecular weight excluding hydrogens is 264 g/mol. The molecule has 0 bridgehead atoms. The van der Waals surface area contributed by atoms with Crippen LogP contribution in [0.4, 0.5) is 6.01 Å². The zero-order chi connectivity index (χ0) is 15.1. The predicted octanol–water partition coefficient (Wildman–Crippen LogP) is 3.82. The van der Waals surface area contributed by atoms with Gasteiger partial charge in [0.15, 0.2) is 5.58 Å². The summed E-state index contributed by atoms with van der Waals surface area (Å²) < 4.78 is 5.70. The lowest BCUT2D eigenvalue weighted by molar-refractivity contribution is -0.00336. The fraction of sp³-hybridized carbons (Fsp3) is 0.588. The third-order valence-corrected chi connectivity index (χ3v) is 4.38. The second-order valence-corrected chi connectivity index (χ2v) is 7.55. The quantitative estimate of drug-likeness (QED) is 0.901. The third-order valence-electron chi connectivity index (χ3n) is 4.38. The lowest BCUT2D eigenvalue weighted by atomic mass is 9.63. The second-order valence-electron chi connectivity index (χ2n) is 7.55. The van der Waals surface area contributed by atoms with Gasteiger partial charge in [-0.15, -0.1) is 0 Å². The van der Waals surface area contributed by atoms with Crippen molar-refractivity contribution in [1.29, 1.82) is 0 Å². The van der Waals surface area contributed by atoms with Gasteiger partial charge >= 0.3 is 0 Å². The van der Waals surface area contributed by atoms with Gasteiger partial charge in [-0.05, 0) is 42.2 Å². The summed E-state index contributed by atoms with van der Waals surface area (Å²) in [5.74, 6) is 0. The average Bonchev–Trinajstić information content (AvgIpc) is 2.76. The molecule has 1 aliphatic carbocycles. The number of anilines is 1. The van der Waals surface area contributed by atoms with Crippen molar-refractivity contribution in [3.05, 3.63) is 24.3 Å². The van der Waals surface area contributed by atoms with E-state index in [1.807, 2.05) is 24.3 Å². The monoisotopic (exact) mass is 288 g/mol. The number of aromatic nitrogens is 1. The van der Waals surface area contributed by atoms with Crippen LogP contribution in [0.3, 0.4) is 0 Å². The number of nitrogens with zero attached hydrogens (tertiary/aromatic N) is 1. The highest BCUT2D eigenvalue weighted by atomic mass is 16.4. The molecule has 4 heteroatoms. The third kappa shape index (κ3) is 3.21. The number of hydrogen-bond acceptors (Lipinski definition) is 4. The molecule has 1 aromatic heterocycles. The van der Waals surface area contributed by atoms with E-state index in [9.17, 15) is 5.11 Å². The first kappa shape index (κ1) is 14.4. The number of aliphatic hydroxyl groups is 1. The standard InChI is InChI=1S/C17H24N2O2/c1-16(2)8-12(20)9-17(3,10-16)11-18-15-19-13-6-4-5-7-14(13)21-15/h4-7,12,20H,8-11H2,1-3H3,(H,18,19). The maximum absolute atomic E-state index is 10.1. The van der Waals surface area contributed by atoms with Gasteiger partial charge in [-0.1, -0.05) is 32.9 Å². The summed E-state index contributed by atoms with van der Waals surface area (Å²) in [7, 11) is 0. The van der Waals surface area contributed by atoms with Crippen LogP contribution in [-0.4, -0.2) is 22.7 Å². The Hall–Kier alpha value is -1.55. The molecule has 2 unspecified atom stereocenters. The van der Waals surface area contributed by atoms with Crippen LogP contribution in [0.1, 0.15) is 40.0 Å². The summed E-state index contributed by atoms with van der Waals surface area (Å²) in [6.07, 6.45) is 2.57. The van der Waals surface area contributed by atoms with Crippen molar-refractivity contribution in [2.75, 3.05) is 11.9 Å². The van der Waals surface area contributed by atoms with Gasteiger partial charge in [0.05, 0.1) is 6.10 Å². The first-order valence-electron chi connectivity index (χ1n) is 7.63. The highest BCUT2D eigenvalue weighted by Crippen LogP contribution is 2.46. The molecule has 4 nitrogen and oxygen atoms in total. The van der Waals surface area contributed by atoms with E-state index in [1.165, 1.54) is 0 Å². The van der Waals surface area contributed by atoms with E-state index in [4.69, 9.17) is 4.42 Å². The minimum Gasteiger partial charge on any atom is -0.424 e. The highest BCUT2D eigenvalue weighted by molar-refractivity contribution is 5.74. The van der Waals surface area contributed by atoms with Gasteiger partial charge < -0.3 is 14.8 Å². The molecule has 0 amide bonds. The smallest absolute Gasteiger partial charge is 0.295 e. The molecule has 2 atom stereocenters. The molecule has 1 heterocycles.